The smallest absolute Gasteiger partial charge is 0.172 e. The molecule has 1 aliphatic rings. The molecule has 0 saturated heterocycles. The number of carbonyl (C=O) groups is 1. The molecule has 0 amide bonds. The highest BCUT2D eigenvalue weighted by molar-refractivity contribution is 9.10. The summed E-state index contributed by atoms with van der Waals surface area (Å²) < 4.78 is 0.829. The van der Waals surface area contributed by atoms with Crippen molar-refractivity contribution in [2.75, 3.05) is 5.73 Å². The van der Waals surface area contributed by atoms with Crippen molar-refractivity contribution in [2.24, 2.45) is 0 Å². The summed E-state index contributed by atoms with van der Waals surface area (Å²) in [6.07, 6.45) is 3.50. The van der Waals surface area contributed by atoms with E-state index in [9.17, 15) is 4.79 Å². The summed E-state index contributed by atoms with van der Waals surface area (Å²) in [5, 5.41) is 0. The molecule has 3 rings (SSSR count). The second-order valence-corrected chi connectivity index (χ2v) is 5.69. The normalized spacial score (nSPS) is 17.2. The Morgan fingerprint density at radius 2 is 2.21 bits per heavy atom. The van der Waals surface area contributed by atoms with E-state index in [4.69, 9.17) is 5.73 Å². The second kappa shape index (κ2) is 4.78. The molecule has 1 unspecified atom stereocenters. The maximum atomic E-state index is 12.6. The molecule has 1 aliphatic carbocycles. The number of hydrogen-bond donors (Lipinski definition) is 1. The lowest BCUT2D eigenvalue weighted by Crippen LogP contribution is -2.11. The van der Waals surface area contributed by atoms with E-state index in [1.165, 1.54) is 5.56 Å². The zero-order valence-corrected chi connectivity index (χ0v) is 11.9. The molecule has 1 heterocycles. The molecule has 1 aromatic carbocycles. The lowest BCUT2D eigenvalue weighted by atomic mass is 9.95. The van der Waals surface area contributed by atoms with Gasteiger partial charge in [0.2, 0.25) is 0 Å². The minimum absolute atomic E-state index is 0.102. The molecule has 2 aromatic rings. The number of anilines is 1. The molecule has 3 nitrogen and oxygen atoms in total. The van der Waals surface area contributed by atoms with Gasteiger partial charge in [-0.1, -0.05) is 22.0 Å². The van der Waals surface area contributed by atoms with Gasteiger partial charge in [0.15, 0.2) is 5.78 Å². The van der Waals surface area contributed by atoms with E-state index in [0.717, 1.165) is 23.0 Å². The topological polar surface area (TPSA) is 56.0 Å². The Balaban J connectivity index is 1.98. The maximum absolute atomic E-state index is 12.6. The van der Waals surface area contributed by atoms with Crippen LogP contribution in [0, 0.1) is 0 Å². The number of aryl methyl sites for hydroxylation is 1. The van der Waals surface area contributed by atoms with E-state index in [0.29, 0.717) is 11.3 Å². The summed E-state index contributed by atoms with van der Waals surface area (Å²) in [5.74, 6) is -0.0321. The molecule has 0 spiro atoms. The number of halogens is 1. The number of nitrogens with zero attached hydrogens (tertiary/aromatic N) is 1. The van der Waals surface area contributed by atoms with Crippen LogP contribution < -0.4 is 5.73 Å². The highest BCUT2D eigenvalue weighted by Gasteiger charge is 2.30. The molecule has 0 fully saturated rings. The van der Waals surface area contributed by atoms with E-state index < -0.39 is 0 Å². The van der Waals surface area contributed by atoms with Gasteiger partial charge in [-0.3, -0.25) is 9.78 Å². The van der Waals surface area contributed by atoms with Crippen molar-refractivity contribution in [3.8, 4) is 0 Å². The van der Waals surface area contributed by atoms with Gasteiger partial charge in [0.25, 0.3) is 0 Å². The van der Waals surface area contributed by atoms with Gasteiger partial charge >= 0.3 is 0 Å². The Labute approximate surface area is 120 Å². The number of rotatable bonds is 2. The highest BCUT2D eigenvalue weighted by Crippen LogP contribution is 2.34. The van der Waals surface area contributed by atoms with Crippen LogP contribution in [0.4, 0.5) is 5.69 Å². The molecule has 0 aliphatic heterocycles. The number of aromatic nitrogens is 1. The third kappa shape index (κ3) is 2.28. The van der Waals surface area contributed by atoms with Crippen molar-refractivity contribution >= 4 is 27.4 Å². The van der Waals surface area contributed by atoms with E-state index in [-0.39, 0.29) is 11.7 Å². The van der Waals surface area contributed by atoms with Crippen molar-refractivity contribution in [2.45, 2.75) is 18.8 Å². The van der Waals surface area contributed by atoms with Gasteiger partial charge in [-0.25, -0.2) is 0 Å². The fourth-order valence-electron chi connectivity index (χ4n) is 2.62. The van der Waals surface area contributed by atoms with Crippen LogP contribution in [0.15, 0.2) is 41.0 Å². The third-order valence-corrected chi connectivity index (χ3v) is 3.94. The second-order valence-electron chi connectivity index (χ2n) is 4.78. The minimum atomic E-state index is -0.134. The Hall–Kier alpha value is -1.68. The fourth-order valence-corrected chi connectivity index (χ4v) is 3.13. The first-order valence-corrected chi connectivity index (χ1v) is 6.98. The Morgan fingerprint density at radius 1 is 1.37 bits per heavy atom. The number of ketones is 1. The molecule has 0 bridgehead atoms. The molecule has 2 N–H and O–H groups in total. The summed E-state index contributed by atoms with van der Waals surface area (Å²) in [7, 11) is 0. The molecular weight excluding hydrogens is 304 g/mol. The van der Waals surface area contributed by atoms with Crippen LogP contribution in [0.2, 0.25) is 0 Å². The predicted octanol–water partition coefficient (Wildman–Crippen LogP) is 3.34. The summed E-state index contributed by atoms with van der Waals surface area (Å²) in [4.78, 5) is 17.0. The Bertz CT molecular complexity index is 634. The Morgan fingerprint density at radius 3 is 3.00 bits per heavy atom. The van der Waals surface area contributed by atoms with Gasteiger partial charge in [-0.15, -0.1) is 0 Å². The van der Waals surface area contributed by atoms with Crippen LogP contribution >= 0.6 is 15.9 Å². The van der Waals surface area contributed by atoms with E-state index >= 15 is 0 Å². The van der Waals surface area contributed by atoms with Crippen LogP contribution in [0.5, 0.6) is 0 Å². The predicted molar refractivity (Wildman–Crippen MR) is 78.2 cm³/mol. The molecule has 0 saturated carbocycles. The highest BCUT2D eigenvalue weighted by atomic mass is 79.9. The molecule has 1 atom stereocenters. The number of benzene rings is 1. The average molecular weight is 317 g/mol. The lowest BCUT2D eigenvalue weighted by molar-refractivity contribution is 0.0958. The first-order valence-electron chi connectivity index (χ1n) is 6.19. The zero-order chi connectivity index (χ0) is 13.4. The van der Waals surface area contributed by atoms with Gasteiger partial charge in [0.05, 0.1) is 11.6 Å². The molecule has 4 heteroatoms. The quantitative estimate of drug-likeness (QED) is 0.683. The zero-order valence-electron chi connectivity index (χ0n) is 10.3. The third-order valence-electron chi connectivity index (χ3n) is 3.48. The number of nitrogen functional groups attached to an aromatic ring is 1. The van der Waals surface area contributed by atoms with Crippen molar-refractivity contribution in [1.82, 2.24) is 4.98 Å². The summed E-state index contributed by atoms with van der Waals surface area (Å²) in [6.45, 7) is 0. The minimum Gasteiger partial charge on any atom is -0.399 e. The number of fused-ring (bicyclic) bond motifs is 1. The average Bonchev–Trinajstić information content (AvgIpc) is 2.80. The lowest BCUT2D eigenvalue weighted by Gasteiger charge is -2.10. The van der Waals surface area contributed by atoms with Crippen LogP contribution in [0.1, 0.15) is 34.0 Å². The molecular formula is C15H13BrN2O. The van der Waals surface area contributed by atoms with Crippen molar-refractivity contribution < 1.29 is 4.79 Å². The Kier molecular flexibility index (Phi) is 3.11. The van der Waals surface area contributed by atoms with Crippen molar-refractivity contribution in [1.29, 1.82) is 0 Å². The van der Waals surface area contributed by atoms with Gasteiger partial charge in [-0.05, 0) is 42.7 Å². The van der Waals surface area contributed by atoms with E-state index in [1.54, 1.807) is 18.3 Å². The fraction of sp³-hybridized carbons (Fsp3) is 0.200. The number of hydrogen-bond acceptors (Lipinski definition) is 3. The van der Waals surface area contributed by atoms with Crippen molar-refractivity contribution in [3.63, 3.8) is 0 Å². The monoisotopic (exact) mass is 316 g/mol. The van der Waals surface area contributed by atoms with Gasteiger partial charge < -0.3 is 5.73 Å². The molecule has 96 valence electrons. The van der Waals surface area contributed by atoms with E-state index in [1.807, 2.05) is 18.2 Å². The van der Waals surface area contributed by atoms with Gasteiger partial charge in [0, 0.05) is 21.9 Å². The number of pyridine rings is 1. The van der Waals surface area contributed by atoms with Crippen LogP contribution in [-0.2, 0) is 6.42 Å². The summed E-state index contributed by atoms with van der Waals surface area (Å²) >= 11 is 3.37. The molecule has 0 radical (unpaired) electrons. The number of carbonyl (C=O) groups excluding carboxylic acids is 1. The summed E-state index contributed by atoms with van der Waals surface area (Å²) in [5.41, 5.74) is 9.14. The molecule has 19 heavy (non-hydrogen) atoms. The van der Waals surface area contributed by atoms with E-state index in [2.05, 4.69) is 20.9 Å². The standard InChI is InChI=1S/C15H13BrN2O/c16-11-6-10(7-12(17)8-11)15(19)13-4-3-9-2-1-5-18-14(9)13/h1-2,5-8,13H,3-4,17H2. The molecule has 1 aromatic heterocycles. The van der Waals surface area contributed by atoms with Crippen LogP contribution in [0.3, 0.4) is 0 Å². The first-order chi connectivity index (χ1) is 9.15. The largest absolute Gasteiger partial charge is 0.399 e. The van der Waals surface area contributed by atoms with Gasteiger partial charge in [-0.2, -0.15) is 0 Å². The maximum Gasteiger partial charge on any atom is 0.172 e. The SMILES string of the molecule is Nc1cc(Br)cc(C(=O)C2CCc3cccnc32)c1. The first kappa shape index (κ1) is 12.4. The number of nitrogens with two attached hydrogens (primary N) is 1. The van der Waals surface area contributed by atoms with Gasteiger partial charge in [0.1, 0.15) is 0 Å². The van der Waals surface area contributed by atoms with Crippen LogP contribution in [-0.4, -0.2) is 10.8 Å². The van der Waals surface area contributed by atoms with Crippen LogP contribution in [0.25, 0.3) is 0 Å². The summed E-state index contributed by atoms with van der Waals surface area (Å²) in [6, 6.07) is 9.30. The number of Topliss-reactive ketones (excluding diaryl/α,β-unsaturated/α-hetero) is 1. The van der Waals surface area contributed by atoms with Crippen molar-refractivity contribution in [3.05, 3.63) is 57.8 Å².